The van der Waals surface area contributed by atoms with Crippen LogP contribution in [0.1, 0.15) is 20.3 Å². The van der Waals surface area contributed by atoms with Crippen molar-refractivity contribution in [1.29, 1.82) is 0 Å². The molecule has 0 aliphatic rings. The Kier molecular flexibility index (Phi) is 6.60. The lowest BCUT2D eigenvalue weighted by atomic mass is 10.5. The second-order valence-electron chi connectivity index (χ2n) is 2.90. The van der Waals surface area contributed by atoms with Gasteiger partial charge in [0.05, 0.1) is 0 Å². The molecule has 4 nitrogen and oxygen atoms in total. The maximum atomic E-state index is 11.0. The molecule has 13 heavy (non-hydrogen) atoms. The van der Waals surface area contributed by atoms with Crippen molar-refractivity contribution in [3.05, 3.63) is 0 Å². The Bertz CT molecular complexity index is 160. The van der Waals surface area contributed by atoms with Crippen LogP contribution in [0.2, 0.25) is 0 Å². The van der Waals surface area contributed by atoms with Gasteiger partial charge in [0.15, 0.2) is 13.7 Å². The molecule has 0 rings (SSSR count). The van der Waals surface area contributed by atoms with Crippen LogP contribution in [0.5, 0.6) is 0 Å². The van der Waals surface area contributed by atoms with E-state index in [1.54, 1.807) is 0 Å². The Balaban J connectivity index is 3.74. The summed E-state index contributed by atoms with van der Waals surface area (Å²) >= 11 is 0. The Morgan fingerprint density at radius 2 is 1.77 bits per heavy atom. The van der Waals surface area contributed by atoms with Crippen LogP contribution in [0.15, 0.2) is 0 Å². The van der Waals surface area contributed by atoms with Gasteiger partial charge >= 0.3 is 0 Å². The molecule has 0 saturated heterocycles. The molecule has 0 heterocycles. The first-order valence-corrected chi connectivity index (χ1v) is 6.81. The number of hydrogen-bond acceptors (Lipinski definition) is 3. The van der Waals surface area contributed by atoms with Crippen LogP contribution in [0, 0.1) is 0 Å². The molecule has 1 N–H and O–H groups in total. The summed E-state index contributed by atoms with van der Waals surface area (Å²) in [7, 11) is -2.93. The quantitative estimate of drug-likeness (QED) is 0.513. The van der Waals surface area contributed by atoms with Gasteiger partial charge in [-0.15, -0.1) is 0 Å². The Morgan fingerprint density at radius 3 is 2.08 bits per heavy atom. The second kappa shape index (κ2) is 6.55. The average molecular weight is 210 g/mol. The van der Waals surface area contributed by atoms with E-state index in [0.717, 1.165) is 0 Å². The summed E-state index contributed by atoms with van der Waals surface area (Å²) in [5, 5.41) is 0. The molecule has 1 unspecified atom stereocenters. The highest BCUT2D eigenvalue weighted by Crippen LogP contribution is 2.36. The molecule has 80 valence electrons. The van der Waals surface area contributed by atoms with E-state index in [9.17, 15) is 4.57 Å². The minimum absolute atomic E-state index is 0.248. The molecular weight excluding hydrogens is 191 g/mol. The van der Waals surface area contributed by atoms with Crippen molar-refractivity contribution >= 4 is 7.37 Å². The van der Waals surface area contributed by atoms with E-state index in [-0.39, 0.29) is 12.5 Å². The summed E-state index contributed by atoms with van der Waals surface area (Å²) in [6, 6.07) is 0. The molecule has 5 heteroatoms. The maximum Gasteiger partial charge on any atom is 0.197 e. The first-order valence-electron chi connectivity index (χ1n) is 4.52. The predicted molar refractivity (Wildman–Crippen MR) is 52.3 cm³/mol. The van der Waals surface area contributed by atoms with E-state index in [0.29, 0.717) is 19.6 Å². The summed E-state index contributed by atoms with van der Waals surface area (Å²) in [6.07, 6.45) is 0.388. The van der Waals surface area contributed by atoms with Crippen molar-refractivity contribution < 1.29 is 18.9 Å². The second-order valence-corrected chi connectivity index (χ2v) is 5.45. The molecule has 0 amide bonds. The first kappa shape index (κ1) is 13.1. The van der Waals surface area contributed by atoms with Gasteiger partial charge in [0, 0.05) is 32.5 Å². The van der Waals surface area contributed by atoms with Crippen LogP contribution in [0.4, 0.5) is 0 Å². The lowest BCUT2D eigenvalue weighted by molar-refractivity contribution is -0.136. The normalized spacial score (nSPS) is 16.1. The summed E-state index contributed by atoms with van der Waals surface area (Å²) in [5.74, 6) is 0. The van der Waals surface area contributed by atoms with E-state index < -0.39 is 7.37 Å². The summed E-state index contributed by atoms with van der Waals surface area (Å²) in [6.45, 7) is 6.21. The summed E-state index contributed by atoms with van der Waals surface area (Å²) in [5.41, 5.74) is 0. The van der Waals surface area contributed by atoms with E-state index in [2.05, 4.69) is 0 Å². The van der Waals surface area contributed by atoms with Gasteiger partial charge < -0.3 is 14.4 Å². The zero-order valence-corrected chi connectivity index (χ0v) is 9.42. The summed E-state index contributed by atoms with van der Waals surface area (Å²) in [4.78, 5) is 9.05. The largest absolute Gasteiger partial charge is 0.353 e. The Morgan fingerprint density at radius 1 is 1.31 bits per heavy atom. The van der Waals surface area contributed by atoms with Crippen LogP contribution < -0.4 is 0 Å². The third-order valence-corrected chi connectivity index (χ3v) is 2.57. The van der Waals surface area contributed by atoms with Crippen LogP contribution in [-0.2, 0) is 14.0 Å². The predicted octanol–water partition coefficient (Wildman–Crippen LogP) is 1.68. The van der Waals surface area contributed by atoms with E-state index in [1.165, 1.54) is 6.66 Å². The fourth-order valence-electron chi connectivity index (χ4n) is 0.932. The van der Waals surface area contributed by atoms with Gasteiger partial charge in [-0.3, -0.25) is 4.57 Å². The molecule has 0 bridgehead atoms. The van der Waals surface area contributed by atoms with Crippen LogP contribution in [-0.4, -0.2) is 37.2 Å². The highest BCUT2D eigenvalue weighted by molar-refractivity contribution is 7.57. The smallest absolute Gasteiger partial charge is 0.197 e. The van der Waals surface area contributed by atoms with E-state index in [4.69, 9.17) is 14.4 Å². The van der Waals surface area contributed by atoms with E-state index in [1.807, 2.05) is 13.8 Å². The van der Waals surface area contributed by atoms with Gasteiger partial charge in [-0.1, -0.05) is 0 Å². The molecule has 0 saturated carbocycles. The van der Waals surface area contributed by atoms with Gasteiger partial charge in [-0.25, -0.2) is 0 Å². The van der Waals surface area contributed by atoms with Crippen LogP contribution >= 0.6 is 7.37 Å². The fourth-order valence-corrected chi connectivity index (χ4v) is 1.62. The van der Waals surface area contributed by atoms with E-state index >= 15 is 0 Å². The third kappa shape index (κ3) is 8.44. The highest BCUT2D eigenvalue weighted by Gasteiger charge is 2.15. The molecule has 0 aromatic rings. The first-order chi connectivity index (χ1) is 5.99. The topological polar surface area (TPSA) is 55.8 Å². The Labute approximate surface area is 79.7 Å². The molecule has 0 fully saturated rings. The molecular formula is C8H19O4P. The van der Waals surface area contributed by atoms with Crippen molar-refractivity contribution in [1.82, 2.24) is 0 Å². The third-order valence-electron chi connectivity index (χ3n) is 1.48. The van der Waals surface area contributed by atoms with Crippen molar-refractivity contribution in [2.24, 2.45) is 0 Å². The molecule has 0 aromatic heterocycles. The van der Waals surface area contributed by atoms with Crippen molar-refractivity contribution in [2.45, 2.75) is 26.6 Å². The molecule has 0 aromatic carbocycles. The maximum absolute atomic E-state index is 11.0. The number of rotatable bonds is 7. The van der Waals surface area contributed by atoms with Gasteiger partial charge in [-0.05, 0) is 13.8 Å². The number of ether oxygens (including phenoxy) is 2. The molecule has 1 atom stereocenters. The standard InChI is InChI=1S/C8H19O4P/c1-4-11-8(12-5-2)6-7-13(3,9)10/h8H,4-7H2,1-3H3,(H,9,10). The zero-order valence-electron chi connectivity index (χ0n) is 8.52. The van der Waals surface area contributed by atoms with Crippen molar-refractivity contribution in [2.75, 3.05) is 26.0 Å². The van der Waals surface area contributed by atoms with Gasteiger partial charge in [0.2, 0.25) is 0 Å². The average Bonchev–Trinajstić information content (AvgIpc) is 2.00. The number of hydrogen-bond donors (Lipinski definition) is 1. The summed E-state index contributed by atoms with van der Waals surface area (Å²) < 4.78 is 21.4. The van der Waals surface area contributed by atoms with Gasteiger partial charge in [0.1, 0.15) is 0 Å². The lowest BCUT2D eigenvalue weighted by Gasteiger charge is -2.17. The highest BCUT2D eigenvalue weighted by atomic mass is 31.2. The minimum atomic E-state index is -2.93. The van der Waals surface area contributed by atoms with Crippen molar-refractivity contribution in [3.63, 3.8) is 0 Å². The van der Waals surface area contributed by atoms with Crippen molar-refractivity contribution in [3.8, 4) is 0 Å². The fraction of sp³-hybridized carbons (Fsp3) is 1.00. The minimum Gasteiger partial charge on any atom is -0.353 e. The SMILES string of the molecule is CCOC(CCP(C)(=O)O)OCC. The van der Waals surface area contributed by atoms with Gasteiger partial charge in [0.25, 0.3) is 0 Å². The Hall–Kier alpha value is 0.110. The molecule has 0 radical (unpaired) electrons. The van der Waals surface area contributed by atoms with Crippen LogP contribution in [0.3, 0.4) is 0 Å². The molecule has 0 spiro atoms. The van der Waals surface area contributed by atoms with Crippen LogP contribution in [0.25, 0.3) is 0 Å². The zero-order chi connectivity index (χ0) is 10.3. The molecule has 0 aliphatic heterocycles. The monoisotopic (exact) mass is 210 g/mol. The lowest BCUT2D eigenvalue weighted by Crippen LogP contribution is -2.18. The van der Waals surface area contributed by atoms with Gasteiger partial charge in [-0.2, -0.15) is 0 Å². The molecule has 0 aliphatic carbocycles.